The van der Waals surface area contributed by atoms with Crippen molar-refractivity contribution in [3.8, 4) is 17.6 Å². The van der Waals surface area contributed by atoms with Crippen LogP contribution in [0.25, 0.3) is 4.85 Å². The van der Waals surface area contributed by atoms with Crippen molar-refractivity contribution in [2.45, 2.75) is 65.2 Å². The molecule has 2 N–H and O–H groups in total. The Bertz CT molecular complexity index is 1300. The zero-order valence-corrected chi connectivity index (χ0v) is 27.2. The van der Waals surface area contributed by atoms with Gasteiger partial charge < -0.3 is 24.9 Å². The van der Waals surface area contributed by atoms with Gasteiger partial charge in [-0.25, -0.2) is 0 Å². The third kappa shape index (κ3) is 7.35. The second-order valence-electron chi connectivity index (χ2n) is 10.3. The molecule has 4 rings (SSSR count). The number of anilines is 2. The molecule has 0 spiro atoms. The summed E-state index contributed by atoms with van der Waals surface area (Å²) in [7, 11) is 0. The van der Waals surface area contributed by atoms with Gasteiger partial charge in [0, 0.05) is 79.9 Å². The first-order valence-corrected chi connectivity index (χ1v) is 14.3. The molecule has 41 heavy (non-hydrogen) atoms. The Balaban J connectivity index is 0.00000462. The summed E-state index contributed by atoms with van der Waals surface area (Å²) in [6.45, 7) is 15.8. The first kappa shape index (κ1) is 31.8. The van der Waals surface area contributed by atoms with Crippen LogP contribution < -0.4 is 9.80 Å². The van der Waals surface area contributed by atoms with Crippen LogP contribution in [0, 0.1) is 17.9 Å². The molecule has 0 aliphatic carbocycles. The van der Waals surface area contributed by atoms with Crippen LogP contribution in [0.3, 0.4) is 0 Å². The average molecular weight is 604 g/mol. The first-order valence-electron chi connectivity index (χ1n) is 14.3. The normalized spacial score (nSPS) is 15.1. The summed E-state index contributed by atoms with van der Waals surface area (Å²) in [5.41, 5.74) is 4.74. The third-order valence-electron chi connectivity index (χ3n) is 7.61. The van der Waals surface area contributed by atoms with E-state index in [1.165, 1.54) is 12.4 Å². The number of phenols is 2. The van der Waals surface area contributed by atoms with E-state index in [0.717, 1.165) is 100 Å². The van der Waals surface area contributed by atoms with Crippen LogP contribution in [-0.4, -0.2) is 48.8 Å². The van der Waals surface area contributed by atoms with Crippen LogP contribution in [-0.2, 0) is 32.3 Å². The fraction of sp³-hybridized carbons (Fsp3) is 0.438. The summed E-state index contributed by atoms with van der Waals surface area (Å²) in [5, 5.41) is 31.7. The summed E-state index contributed by atoms with van der Waals surface area (Å²) in [6, 6.07) is 9.55. The third-order valence-corrected chi connectivity index (χ3v) is 7.61. The van der Waals surface area contributed by atoms with Gasteiger partial charge in [-0.3, -0.25) is 4.99 Å². The topological polar surface area (TPSA) is 99.8 Å². The van der Waals surface area contributed by atoms with Gasteiger partial charge in [0.05, 0.1) is 5.56 Å². The number of benzene rings is 2. The molecule has 0 aromatic heterocycles. The molecule has 2 heterocycles. The zero-order chi connectivity index (χ0) is 28.5. The predicted molar refractivity (Wildman–Crippen MR) is 162 cm³/mol. The molecular weight excluding hydrogens is 566 g/mol. The molecule has 2 aromatic carbocycles. The van der Waals surface area contributed by atoms with E-state index >= 15 is 0 Å². The molecule has 0 bridgehead atoms. The second-order valence-corrected chi connectivity index (χ2v) is 10.3. The summed E-state index contributed by atoms with van der Waals surface area (Å²) in [5.74, 6) is 0.156. The molecule has 0 fully saturated rings. The molecule has 9 heteroatoms. The number of allylic oxidation sites excluding steroid dienone is 1. The van der Waals surface area contributed by atoms with Crippen LogP contribution in [0.5, 0.6) is 11.5 Å². The molecule has 0 radical (unpaired) electrons. The number of nitrogens with zero attached hydrogens (tertiary/aromatic N) is 6. The number of unbranched alkanes of at least 4 members (excludes halogenated alkanes) is 2. The quantitative estimate of drug-likeness (QED) is 0.143. The largest absolute Gasteiger partial charge is 0.507 e. The molecule has 0 saturated heterocycles. The van der Waals surface area contributed by atoms with Crippen LogP contribution in [0.15, 0.2) is 45.8 Å². The fourth-order valence-electron chi connectivity index (χ4n) is 5.42. The number of aromatic hydroxyl groups is 2. The Morgan fingerprint density at radius 3 is 1.83 bits per heavy atom. The van der Waals surface area contributed by atoms with E-state index in [0.29, 0.717) is 11.1 Å². The second kappa shape index (κ2) is 15.4. The number of rotatable bonds is 10. The summed E-state index contributed by atoms with van der Waals surface area (Å²) >= 11 is 0. The molecule has 0 unspecified atom stereocenters. The minimum Gasteiger partial charge on any atom is -0.507 e. The van der Waals surface area contributed by atoms with Crippen molar-refractivity contribution in [1.82, 2.24) is 0 Å². The van der Waals surface area contributed by atoms with E-state index in [1.807, 2.05) is 18.2 Å². The average Bonchev–Trinajstić information content (AvgIpc) is 2.98. The van der Waals surface area contributed by atoms with Crippen LogP contribution in [0.1, 0.15) is 74.6 Å². The Morgan fingerprint density at radius 1 is 0.902 bits per heavy atom. The summed E-state index contributed by atoms with van der Waals surface area (Å²) < 4.78 is 0. The van der Waals surface area contributed by atoms with Gasteiger partial charge in [-0.2, -0.15) is 5.26 Å². The van der Waals surface area contributed by atoms with Crippen LogP contribution >= 0.6 is 0 Å². The number of fused-ring (bicyclic) bond motifs is 2. The van der Waals surface area contributed by atoms with Gasteiger partial charge in [0.2, 0.25) is 0 Å². The van der Waals surface area contributed by atoms with Crippen molar-refractivity contribution in [3.05, 3.63) is 69.5 Å². The predicted octanol–water partition coefficient (Wildman–Crippen LogP) is 6.35. The van der Waals surface area contributed by atoms with Crippen LogP contribution in [0.4, 0.5) is 11.4 Å². The van der Waals surface area contributed by atoms with Gasteiger partial charge >= 0.3 is 5.82 Å². The van der Waals surface area contributed by atoms with E-state index in [-0.39, 0.29) is 42.5 Å². The van der Waals surface area contributed by atoms with Crippen molar-refractivity contribution in [1.29, 1.82) is 5.26 Å². The molecule has 2 aliphatic rings. The Kier molecular flexibility index (Phi) is 11.9. The first-order chi connectivity index (χ1) is 19.5. The van der Waals surface area contributed by atoms with Gasteiger partial charge in [0.1, 0.15) is 23.8 Å². The number of aliphatic imine (C=N–C) groups is 2. The minimum absolute atomic E-state index is 0. The zero-order valence-electron chi connectivity index (χ0n) is 24.2. The molecule has 0 saturated carbocycles. The van der Waals surface area contributed by atoms with Crippen molar-refractivity contribution >= 4 is 23.8 Å². The van der Waals surface area contributed by atoms with Crippen molar-refractivity contribution < 1.29 is 29.7 Å². The fourth-order valence-corrected chi connectivity index (χ4v) is 5.42. The Hall–Kier alpha value is -3.68. The van der Waals surface area contributed by atoms with Gasteiger partial charge in [-0.1, -0.05) is 33.3 Å². The van der Waals surface area contributed by atoms with E-state index in [4.69, 9.17) is 6.57 Å². The maximum Gasteiger partial charge on any atom is 0.306 e. The number of nitriles is 1. The summed E-state index contributed by atoms with van der Waals surface area (Å²) in [4.78, 5) is 16.5. The van der Waals surface area contributed by atoms with Crippen molar-refractivity contribution in [3.63, 3.8) is 0 Å². The molecule has 8 nitrogen and oxygen atoms in total. The van der Waals surface area contributed by atoms with Crippen molar-refractivity contribution in [2.75, 3.05) is 36.0 Å². The molecule has 210 valence electrons. The standard InChI is InChI=1S/C32H38N6O2.Zn/c1-4-6-16-37-18-8-10-25-28(37)14-12-23(30(25)39)21-35-27(20-33)32(34-3)36-22-24-13-15-29-26(31(24)40)11-9-19-38(29)17-7-5-2;/h12-15,21-22,39-40H,4-11,16-19H2,1-2H3;/b32-27-,35-21?,36-22+;. The number of hydrogen-bond acceptors (Lipinski definition) is 7. The molecule has 0 atom stereocenters. The summed E-state index contributed by atoms with van der Waals surface area (Å²) in [6.07, 6.45) is 10.8. The Labute approximate surface area is 256 Å². The Morgan fingerprint density at radius 2 is 1.39 bits per heavy atom. The molecule has 2 aromatic rings. The number of hydrogen-bond donors (Lipinski definition) is 2. The maximum atomic E-state index is 11.0. The van der Waals surface area contributed by atoms with Gasteiger partial charge in [-0.15, -0.1) is 4.99 Å². The minimum atomic E-state index is -0.177. The number of phenolic OH excluding ortho intramolecular Hbond substituents is 2. The molecule has 0 amide bonds. The monoisotopic (exact) mass is 602 g/mol. The van der Waals surface area contributed by atoms with E-state index in [9.17, 15) is 15.5 Å². The van der Waals surface area contributed by atoms with E-state index in [2.05, 4.69) is 38.5 Å². The van der Waals surface area contributed by atoms with E-state index < -0.39 is 0 Å². The van der Waals surface area contributed by atoms with Crippen molar-refractivity contribution in [2.24, 2.45) is 9.98 Å². The van der Waals surface area contributed by atoms with Crippen LogP contribution in [0.2, 0.25) is 0 Å². The van der Waals surface area contributed by atoms with Gasteiger partial charge in [0.25, 0.3) is 0 Å². The SMILES string of the molecule is [C-]#[N+]C(/N=C/c1ccc2c(c1O)CCCN2CCCC)=C(\C#N)N=Cc1ccc2c(c1O)CCCN2CCCC.[Zn]. The van der Waals surface area contributed by atoms with E-state index in [1.54, 1.807) is 12.1 Å². The molecule has 2 aliphatic heterocycles. The van der Waals surface area contributed by atoms with Gasteiger partial charge in [0.15, 0.2) is 5.70 Å². The maximum absolute atomic E-state index is 11.0. The molecular formula is C32H38N6O2Zn. The smallest absolute Gasteiger partial charge is 0.306 e. The van der Waals surface area contributed by atoms with Gasteiger partial charge in [-0.05, 0) is 62.8 Å².